The zero-order valence-electron chi connectivity index (χ0n) is 12.3. The Morgan fingerprint density at radius 3 is 2.45 bits per heavy atom. The first-order chi connectivity index (χ1) is 10.3. The molecule has 1 unspecified atom stereocenters. The number of nitrogens with one attached hydrogen (secondary N) is 1. The molecule has 0 spiro atoms. The number of ketones is 1. The summed E-state index contributed by atoms with van der Waals surface area (Å²) in [4.78, 5) is 26.6. The summed E-state index contributed by atoms with van der Waals surface area (Å²) >= 11 is 11.9. The molecule has 1 aliphatic rings. The lowest BCUT2D eigenvalue weighted by molar-refractivity contribution is -0.130. The van der Waals surface area contributed by atoms with Crippen molar-refractivity contribution < 1.29 is 14.7 Å². The molecule has 0 aromatic heterocycles. The van der Waals surface area contributed by atoms with Crippen LogP contribution < -0.4 is 10.2 Å². The second kappa shape index (κ2) is 6.32. The summed E-state index contributed by atoms with van der Waals surface area (Å²) in [6, 6.07) is 5.18. The van der Waals surface area contributed by atoms with Gasteiger partial charge >= 0.3 is 6.09 Å². The van der Waals surface area contributed by atoms with E-state index in [1.807, 2.05) is 4.90 Å². The van der Waals surface area contributed by atoms with Crippen LogP contribution in [0, 0.1) is 0 Å². The van der Waals surface area contributed by atoms with Crippen LogP contribution in [-0.2, 0) is 4.79 Å². The molecule has 0 aliphatic carbocycles. The number of carbonyl (C=O) groups is 2. The summed E-state index contributed by atoms with van der Waals surface area (Å²) in [5.74, 6) is -0.262. The second-order valence-electron chi connectivity index (χ2n) is 5.12. The van der Waals surface area contributed by atoms with Gasteiger partial charge in [-0.2, -0.15) is 0 Å². The number of halogens is 2. The molecule has 1 aromatic rings. The largest absolute Gasteiger partial charge is 0.465 e. The van der Waals surface area contributed by atoms with Gasteiger partial charge in [0.25, 0.3) is 0 Å². The van der Waals surface area contributed by atoms with Crippen LogP contribution in [0.4, 0.5) is 10.5 Å². The zero-order chi connectivity index (χ0) is 16.5. The van der Waals surface area contributed by atoms with E-state index in [4.69, 9.17) is 23.2 Å². The van der Waals surface area contributed by atoms with Crippen molar-refractivity contribution in [2.75, 3.05) is 31.6 Å². The first-order valence-electron chi connectivity index (χ1n) is 6.72. The van der Waals surface area contributed by atoms with Crippen molar-refractivity contribution in [3.8, 4) is 0 Å². The Balaban J connectivity index is 2.37. The van der Waals surface area contributed by atoms with Gasteiger partial charge in [-0.3, -0.25) is 15.0 Å². The fourth-order valence-electron chi connectivity index (χ4n) is 2.70. The maximum absolute atomic E-state index is 12.1. The molecule has 22 heavy (non-hydrogen) atoms. The smallest absolute Gasteiger partial charge is 0.409 e. The molecule has 2 N–H and O–H groups in total. The number of likely N-dealkylation sites (N-methyl/N-ethyl adjacent to an activating group) is 1. The summed E-state index contributed by atoms with van der Waals surface area (Å²) in [6.07, 6.45) is -1.13. The van der Waals surface area contributed by atoms with Crippen LogP contribution in [0.2, 0.25) is 10.0 Å². The number of anilines is 1. The maximum atomic E-state index is 12.1. The van der Waals surface area contributed by atoms with Crippen molar-refractivity contribution >= 4 is 40.8 Å². The highest BCUT2D eigenvalue weighted by Gasteiger charge is 2.47. The number of carboxylic acid groups (broad SMARTS) is 1. The lowest BCUT2D eigenvalue weighted by Crippen LogP contribution is -2.73. The van der Waals surface area contributed by atoms with E-state index < -0.39 is 11.8 Å². The standard InChI is InChI=1S/C14H17Cl2N3O3/c1-9(20)14(17-2)8-18(5-6-19(14)13(21)22)10-3-4-11(15)12(16)7-10/h3-4,7,17H,5-6,8H2,1-2H3,(H,21,22). The van der Waals surface area contributed by atoms with Crippen LogP contribution in [0.15, 0.2) is 18.2 Å². The van der Waals surface area contributed by atoms with Gasteiger partial charge in [-0.25, -0.2) is 4.79 Å². The Kier molecular flexibility index (Phi) is 4.84. The van der Waals surface area contributed by atoms with Crippen molar-refractivity contribution in [1.82, 2.24) is 10.2 Å². The SMILES string of the molecule is CNC1(C(C)=O)CN(c2ccc(Cl)c(Cl)c2)CCN1C(=O)O. The fraction of sp³-hybridized carbons (Fsp3) is 0.429. The topological polar surface area (TPSA) is 72.9 Å². The lowest BCUT2D eigenvalue weighted by atomic mass is 9.99. The van der Waals surface area contributed by atoms with Crippen molar-refractivity contribution in [1.29, 1.82) is 0 Å². The summed E-state index contributed by atoms with van der Waals surface area (Å²) in [7, 11) is 1.58. The summed E-state index contributed by atoms with van der Waals surface area (Å²) in [6.45, 7) is 2.24. The molecule has 1 saturated heterocycles. The highest BCUT2D eigenvalue weighted by Crippen LogP contribution is 2.30. The van der Waals surface area contributed by atoms with Gasteiger partial charge in [0.2, 0.25) is 0 Å². The Morgan fingerprint density at radius 2 is 1.95 bits per heavy atom. The van der Waals surface area contributed by atoms with Crippen LogP contribution in [0.5, 0.6) is 0 Å². The van der Waals surface area contributed by atoms with E-state index in [2.05, 4.69) is 5.32 Å². The van der Waals surface area contributed by atoms with Gasteiger partial charge < -0.3 is 10.0 Å². The molecule has 0 saturated carbocycles. The molecule has 1 aliphatic heterocycles. The van der Waals surface area contributed by atoms with Crippen molar-refractivity contribution in [3.05, 3.63) is 28.2 Å². The van der Waals surface area contributed by atoms with E-state index in [1.165, 1.54) is 6.92 Å². The molecule has 1 heterocycles. The molecule has 1 aromatic carbocycles. The average molecular weight is 346 g/mol. The third kappa shape index (κ3) is 2.86. The van der Waals surface area contributed by atoms with E-state index in [9.17, 15) is 14.7 Å². The van der Waals surface area contributed by atoms with Gasteiger partial charge in [-0.1, -0.05) is 23.2 Å². The number of hydrogen-bond acceptors (Lipinski definition) is 4. The van der Waals surface area contributed by atoms with Crippen molar-refractivity contribution in [3.63, 3.8) is 0 Å². The number of Topliss-reactive ketones (excluding diaryl/α,β-unsaturated/α-hetero) is 1. The van der Waals surface area contributed by atoms with Gasteiger partial charge in [0.15, 0.2) is 11.4 Å². The minimum absolute atomic E-state index is 0.198. The second-order valence-corrected chi connectivity index (χ2v) is 5.94. The van der Waals surface area contributed by atoms with Gasteiger partial charge in [-0.15, -0.1) is 0 Å². The van der Waals surface area contributed by atoms with Crippen molar-refractivity contribution in [2.24, 2.45) is 0 Å². The number of amides is 1. The molecule has 120 valence electrons. The number of piperazine rings is 1. The first-order valence-corrected chi connectivity index (χ1v) is 7.48. The van der Waals surface area contributed by atoms with Crippen LogP contribution in [-0.4, -0.2) is 54.2 Å². The summed E-state index contributed by atoms with van der Waals surface area (Å²) < 4.78 is 0. The van der Waals surface area contributed by atoms with Crippen LogP contribution in [0.3, 0.4) is 0 Å². The molecule has 0 bridgehead atoms. The first kappa shape index (κ1) is 16.9. The highest BCUT2D eigenvalue weighted by molar-refractivity contribution is 6.42. The molecule has 6 nitrogen and oxygen atoms in total. The maximum Gasteiger partial charge on any atom is 0.409 e. The predicted octanol–water partition coefficient (Wildman–Crippen LogP) is 2.30. The number of hydrogen-bond donors (Lipinski definition) is 2. The van der Waals surface area contributed by atoms with E-state index in [1.54, 1.807) is 25.2 Å². The molecule has 8 heteroatoms. The number of benzene rings is 1. The van der Waals surface area contributed by atoms with Gasteiger partial charge in [-0.05, 0) is 32.2 Å². The molecule has 2 rings (SSSR count). The highest BCUT2D eigenvalue weighted by atomic mass is 35.5. The average Bonchev–Trinajstić information content (AvgIpc) is 2.48. The summed E-state index contributed by atoms with van der Waals surface area (Å²) in [5, 5.41) is 13.1. The third-order valence-electron chi connectivity index (χ3n) is 3.97. The van der Waals surface area contributed by atoms with Gasteiger partial charge in [0, 0.05) is 18.8 Å². The Bertz CT molecular complexity index is 611. The number of rotatable bonds is 3. The number of nitrogens with zero attached hydrogens (tertiary/aromatic N) is 2. The van der Waals surface area contributed by atoms with Crippen LogP contribution >= 0.6 is 23.2 Å². The quantitative estimate of drug-likeness (QED) is 0.879. The van der Waals surface area contributed by atoms with Gasteiger partial charge in [0.1, 0.15) is 0 Å². The summed E-state index contributed by atoms with van der Waals surface area (Å²) in [5.41, 5.74) is -0.490. The van der Waals surface area contributed by atoms with E-state index >= 15 is 0 Å². The van der Waals surface area contributed by atoms with Gasteiger partial charge in [0.05, 0.1) is 16.6 Å². The van der Waals surface area contributed by atoms with Crippen molar-refractivity contribution in [2.45, 2.75) is 12.6 Å². The predicted molar refractivity (Wildman–Crippen MR) is 85.9 cm³/mol. The minimum atomic E-state index is -1.28. The Labute approximate surface area is 138 Å². The minimum Gasteiger partial charge on any atom is -0.465 e. The molecule has 1 fully saturated rings. The van der Waals surface area contributed by atoms with Crippen LogP contribution in [0.1, 0.15) is 6.92 Å². The van der Waals surface area contributed by atoms with E-state index in [-0.39, 0.29) is 18.9 Å². The molecule has 1 amide bonds. The van der Waals surface area contributed by atoms with E-state index in [0.29, 0.717) is 16.6 Å². The van der Waals surface area contributed by atoms with E-state index in [0.717, 1.165) is 10.6 Å². The zero-order valence-corrected chi connectivity index (χ0v) is 13.8. The van der Waals surface area contributed by atoms with Crippen LogP contribution in [0.25, 0.3) is 0 Å². The normalized spacial score (nSPS) is 21.8. The number of carbonyl (C=O) groups excluding carboxylic acids is 1. The Morgan fingerprint density at radius 1 is 1.27 bits per heavy atom. The Hall–Kier alpha value is -1.50. The fourth-order valence-corrected chi connectivity index (χ4v) is 3.00. The third-order valence-corrected chi connectivity index (χ3v) is 4.71. The molecular formula is C14H17Cl2N3O3. The molecule has 0 radical (unpaired) electrons. The molecular weight excluding hydrogens is 329 g/mol. The lowest BCUT2D eigenvalue weighted by Gasteiger charge is -2.48. The molecule has 1 atom stereocenters. The monoisotopic (exact) mass is 345 g/mol.